The standard InChI is InChI=1S/C29H27FN2O4/c1-20(29(34)35)36-24-14-15-25(30)23(19-24)13-8-18-32-27(33)17-16-26(31-32)28(21-9-4-2-5-10-21)22-11-6-3-7-12-22/h2-7,9-12,14-17,19-20,28H,8,13,18H2,1H3,(H,34,35)/t20-/m0/s1. The molecule has 184 valence electrons. The Kier molecular flexibility index (Phi) is 7.90. The van der Waals surface area contributed by atoms with Gasteiger partial charge in [0.1, 0.15) is 11.6 Å². The number of halogens is 1. The maximum absolute atomic E-state index is 14.4. The van der Waals surface area contributed by atoms with Gasteiger partial charge in [0.15, 0.2) is 6.10 Å². The van der Waals surface area contributed by atoms with Crippen molar-refractivity contribution in [2.75, 3.05) is 0 Å². The third kappa shape index (κ3) is 6.05. The molecule has 4 rings (SSSR count). The lowest BCUT2D eigenvalue weighted by atomic mass is 9.88. The fourth-order valence-electron chi connectivity index (χ4n) is 4.09. The molecule has 6 nitrogen and oxygen atoms in total. The van der Waals surface area contributed by atoms with Gasteiger partial charge in [-0.15, -0.1) is 0 Å². The minimum atomic E-state index is -1.10. The van der Waals surface area contributed by atoms with Gasteiger partial charge < -0.3 is 9.84 Å². The maximum Gasteiger partial charge on any atom is 0.344 e. The van der Waals surface area contributed by atoms with E-state index >= 15 is 0 Å². The number of rotatable bonds is 10. The summed E-state index contributed by atoms with van der Waals surface area (Å²) in [5.74, 6) is -1.36. The van der Waals surface area contributed by atoms with E-state index in [1.807, 2.05) is 60.7 Å². The molecule has 1 atom stereocenters. The largest absolute Gasteiger partial charge is 0.479 e. The number of carboxylic acids is 1. The van der Waals surface area contributed by atoms with Crippen LogP contribution in [0.15, 0.2) is 95.8 Å². The van der Waals surface area contributed by atoms with E-state index in [0.717, 1.165) is 16.8 Å². The number of hydrogen-bond donors (Lipinski definition) is 1. The van der Waals surface area contributed by atoms with Crippen LogP contribution in [-0.2, 0) is 17.8 Å². The van der Waals surface area contributed by atoms with Crippen LogP contribution < -0.4 is 10.3 Å². The van der Waals surface area contributed by atoms with Crippen LogP contribution in [0.4, 0.5) is 4.39 Å². The lowest BCUT2D eigenvalue weighted by Gasteiger charge is -2.18. The lowest BCUT2D eigenvalue weighted by Crippen LogP contribution is -2.24. The number of nitrogens with zero attached hydrogens (tertiary/aromatic N) is 2. The molecule has 0 radical (unpaired) electrons. The number of aromatic nitrogens is 2. The molecule has 1 N–H and O–H groups in total. The van der Waals surface area contributed by atoms with Crippen molar-refractivity contribution in [3.63, 3.8) is 0 Å². The zero-order valence-electron chi connectivity index (χ0n) is 19.9. The van der Waals surface area contributed by atoms with Crippen molar-refractivity contribution in [3.8, 4) is 5.75 Å². The van der Waals surface area contributed by atoms with Gasteiger partial charge in [-0.3, -0.25) is 4.79 Å². The summed E-state index contributed by atoms with van der Waals surface area (Å²) in [7, 11) is 0. The highest BCUT2D eigenvalue weighted by Gasteiger charge is 2.19. The Morgan fingerprint density at radius 2 is 1.61 bits per heavy atom. The van der Waals surface area contributed by atoms with E-state index in [9.17, 15) is 14.0 Å². The molecule has 0 fully saturated rings. The van der Waals surface area contributed by atoms with Crippen molar-refractivity contribution in [1.29, 1.82) is 0 Å². The lowest BCUT2D eigenvalue weighted by molar-refractivity contribution is -0.144. The minimum Gasteiger partial charge on any atom is -0.479 e. The number of aliphatic carboxylic acids is 1. The van der Waals surface area contributed by atoms with Gasteiger partial charge in [0, 0.05) is 12.6 Å². The number of aryl methyl sites for hydroxylation is 2. The molecule has 0 unspecified atom stereocenters. The summed E-state index contributed by atoms with van der Waals surface area (Å²) >= 11 is 0. The number of ether oxygens (including phenoxy) is 1. The highest BCUT2D eigenvalue weighted by molar-refractivity contribution is 5.72. The van der Waals surface area contributed by atoms with Gasteiger partial charge >= 0.3 is 5.97 Å². The van der Waals surface area contributed by atoms with Gasteiger partial charge in [-0.25, -0.2) is 13.9 Å². The first kappa shape index (κ1) is 24.9. The van der Waals surface area contributed by atoms with Crippen LogP contribution >= 0.6 is 0 Å². The molecule has 0 spiro atoms. The molecule has 0 bridgehead atoms. The molecule has 0 aliphatic rings. The molecule has 3 aromatic carbocycles. The van der Waals surface area contributed by atoms with Crippen LogP contribution in [0.2, 0.25) is 0 Å². The average Bonchev–Trinajstić information content (AvgIpc) is 2.89. The highest BCUT2D eigenvalue weighted by atomic mass is 19.1. The highest BCUT2D eigenvalue weighted by Crippen LogP contribution is 2.30. The van der Waals surface area contributed by atoms with Crippen LogP contribution in [0, 0.1) is 5.82 Å². The minimum absolute atomic E-state index is 0.137. The normalized spacial score (nSPS) is 11.9. The molecule has 7 heteroatoms. The molecule has 1 heterocycles. The second-order valence-corrected chi connectivity index (χ2v) is 8.53. The molecule has 0 saturated heterocycles. The van der Waals surface area contributed by atoms with Gasteiger partial charge in [-0.2, -0.15) is 5.10 Å². The number of carboxylic acid groups (broad SMARTS) is 1. The van der Waals surface area contributed by atoms with E-state index < -0.39 is 17.9 Å². The number of hydrogen-bond acceptors (Lipinski definition) is 4. The van der Waals surface area contributed by atoms with E-state index in [1.54, 1.807) is 6.07 Å². The van der Waals surface area contributed by atoms with Gasteiger partial charge in [0.2, 0.25) is 0 Å². The Morgan fingerprint density at radius 1 is 0.972 bits per heavy atom. The van der Waals surface area contributed by atoms with Crippen molar-refractivity contribution in [3.05, 3.63) is 130 Å². The summed E-state index contributed by atoms with van der Waals surface area (Å²) in [6, 6.07) is 27.4. The molecule has 4 aromatic rings. The monoisotopic (exact) mass is 486 g/mol. The Labute approximate surface area is 208 Å². The summed E-state index contributed by atoms with van der Waals surface area (Å²) in [6.45, 7) is 1.72. The maximum atomic E-state index is 14.4. The van der Waals surface area contributed by atoms with Gasteiger partial charge in [0.05, 0.1) is 11.6 Å². The summed E-state index contributed by atoms with van der Waals surface area (Å²) in [5.41, 5.74) is 3.04. The van der Waals surface area contributed by atoms with E-state index in [4.69, 9.17) is 9.84 Å². The zero-order chi connectivity index (χ0) is 25.5. The van der Waals surface area contributed by atoms with Crippen molar-refractivity contribution in [1.82, 2.24) is 9.78 Å². The summed E-state index contributed by atoms with van der Waals surface area (Å²) in [4.78, 5) is 23.6. The van der Waals surface area contributed by atoms with E-state index in [-0.39, 0.29) is 17.2 Å². The molecular formula is C29H27FN2O4. The molecule has 36 heavy (non-hydrogen) atoms. The van der Waals surface area contributed by atoms with E-state index in [0.29, 0.717) is 24.9 Å². The Morgan fingerprint density at radius 3 is 2.22 bits per heavy atom. The first-order valence-electron chi connectivity index (χ1n) is 11.8. The third-order valence-corrected chi connectivity index (χ3v) is 5.94. The fraction of sp³-hybridized carbons (Fsp3) is 0.207. The molecule has 0 amide bonds. The Bertz CT molecular complexity index is 1330. The number of benzene rings is 3. The first-order chi connectivity index (χ1) is 17.4. The SMILES string of the molecule is C[C@H](Oc1ccc(F)c(CCCn2nc(C(c3ccccc3)c3ccccc3)ccc2=O)c1)C(=O)O. The Balaban J connectivity index is 1.53. The van der Waals surface area contributed by atoms with Gasteiger partial charge in [0.25, 0.3) is 5.56 Å². The summed E-state index contributed by atoms with van der Waals surface area (Å²) in [5, 5.41) is 13.7. The molecule has 0 aliphatic heterocycles. The van der Waals surface area contributed by atoms with Crippen LogP contribution in [0.1, 0.15) is 41.6 Å². The molecule has 0 aliphatic carbocycles. The molecular weight excluding hydrogens is 459 g/mol. The predicted octanol–water partition coefficient (Wildman–Crippen LogP) is 5.05. The van der Waals surface area contributed by atoms with E-state index in [1.165, 1.54) is 35.9 Å². The van der Waals surface area contributed by atoms with Crippen molar-refractivity contribution in [2.24, 2.45) is 0 Å². The number of carbonyl (C=O) groups is 1. The molecule has 0 saturated carbocycles. The quantitative estimate of drug-likeness (QED) is 0.339. The summed E-state index contributed by atoms with van der Waals surface area (Å²) < 4.78 is 21.1. The summed E-state index contributed by atoms with van der Waals surface area (Å²) in [6.07, 6.45) is -0.244. The van der Waals surface area contributed by atoms with Gasteiger partial charge in [-0.1, -0.05) is 60.7 Å². The smallest absolute Gasteiger partial charge is 0.344 e. The van der Waals surface area contributed by atoms with Crippen LogP contribution in [0.3, 0.4) is 0 Å². The first-order valence-corrected chi connectivity index (χ1v) is 11.8. The van der Waals surface area contributed by atoms with Crippen molar-refractivity contribution < 1.29 is 19.0 Å². The molecule has 1 aromatic heterocycles. The third-order valence-electron chi connectivity index (χ3n) is 5.94. The second-order valence-electron chi connectivity index (χ2n) is 8.53. The second kappa shape index (κ2) is 11.4. The predicted molar refractivity (Wildman–Crippen MR) is 135 cm³/mol. The van der Waals surface area contributed by atoms with Crippen LogP contribution in [0.5, 0.6) is 5.75 Å². The van der Waals surface area contributed by atoms with Crippen molar-refractivity contribution >= 4 is 5.97 Å². The van der Waals surface area contributed by atoms with Crippen LogP contribution in [0.25, 0.3) is 0 Å². The Hall–Kier alpha value is -4.26. The van der Waals surface area contributed by atoms with Crippen LogP contribution in [-0.4, -0.2) is 27.0 Å². The van der Waals surface area contributed by atoms with E-state index in [2.05, 4.69) is 5.10 Å². The average molecular weight is 487 g/mol. The van der Waals surface area contributed by atoms with Crippen molar-refractivity contribution in [2.45, 2.75) is 38.3 Å². The van der Waals surface area contributed by atoms with Gasteiger partial charge in [-0.05, 0) is 60.7 Å². The fourth-order valence-corrected chi connectivity index (χ4v) is 4.09. The topological polar surface area (TPSA) is 81.4 Å². The zero-order valence-corrected chi connectivity index (χ0v) is 19.9.